The first-order chi connectivity index (χ1) is 8.68. The van der Waals surface area contributed by atoms with Crippen LogP contribution in [-0.4, -0.2) is 44.7 Å². The average Bonchev–Trinajstić information content (AvgIpc) is 2.38. The molecule has 0 fully saturated rings. The molecule has 2 unspecified atom stereocenters. The zero-order chi connectivity index (χ0) is 13.0. The van der Waals surface area contributed by atoms with Crippen LogP contribution < -0.4 is 5.32 Å². The zero-order valence-electron chi connectivity index (χ0n) is 11.6. The fourth-order valence-corrected chi connectivity index (χ4v) is 2.25. The van der Waals surface area contributed by atoms with Crippen LogP contribution in [0.3, 0.4) is 0 Å². The van der Waals surface area contributed by atoms with Crippen molar-refractivity contribution in [1.82, 2.24) is 10.2 Å². The van der Waals surface area contributed by atoms with Gasteiger partial charge in [0, 0.05) is 19.1 Å². The van der Waals surface area contributed by atoms with Crippen molar-refractivity contribution in [2.75, 3.05) is 33.8 Å². The average molecular weight is 248 g/mol. The maximum atomic E-state index is 5.87. The summed E-state index contributed by atoms with van der Waals surface area (Å²) in [5.74, 6) is 0. The zero-order valence-corrected chi connectivity index (χ0v) is 11.6. The van der Waals surface area contributed by atoms with Gasteiger partial charge in [-0.15, -0.1) is 0 Å². The molecule has 1 aliphatic heterocycles. The van der Waals surface area contributed by atoms with Crippen LogP contribution in [0.1, 0.15) is 24.2 Å². The lowest BCUT2D eigenvalue weighted by molar-refractivity contribution is 0.0417. The first kappa shape index (κ1) is 13.5. The predicted octanol–water partition coefficient (Wildman–Crippen LogP) is 1.84. The highest BCUT2D eigenvalue weighted by Crippen LogP contribution is 2.26. The highest BCUT2D eigenvalue weighted by molar-refractivity contribution is 5.31. The quantitative estimate of drug-likeness (QED) is 0.860. The third-order valence-corrected chi connectivity index (χ3v) is 3.74. The maximum absolute atomic E-state index is 5.87. The van der Waals surface area contributed by atoms with E-state index in [-0.39, 0.29) is 6.10 Å². The molecule has 0 amide bonds. The van der Waals surface area contributed by atoms with E-state index in [4.69, 9.17) is 4.74 Å². The molecule has 0 spiro atoms. The second-order valence-electron chi connectivity index (χ2n) is 5.28. The lowest BCUT2D eigenvalue weighted by Gasteiger charge is -2.27. The summed E-state index contributed by atoms with van der Waals surface area (Å²) in [5, 5.41) is 3.51. The van der Waals surface area contributed by atoms with Crippen LogP contribution in [0.15, 0.2) is 24.3 Å². The monoisotopic (exact) mass is 248 g/mol. The molecular formula is C15H24N2O. The number of likely N-dealkylation sites (N-methyl/N-ethyl adjacent to an activating group) is 1. The Morgan fingerprint density at radius 2 is 2.17 bits per heavy atom. The van der Waals surface area contributed by atoms with Crippen molar-refractivity contribution in [2.45, 2.75) is 25.5 Å². The summed E-state index contributed by atoms with van der Waals surface area (Å²) in [4.78, 5) is 2.22. The van der Waals surface area contributed by atoms with Crippen LogP contribution in [-0.2, 0) is 11.2 Å². The van der Waals surface area contributed by atoms with Crippen molar-refractivity contribution in [3.8, 4) is 0 Å². The van der Waals surface area contributed by atoms with E-state index in [2.05, 4.69) is 55.5 Å². The third-order valence-electron chi connectivity index (χ3n) is 3.74. The molecule has 0 radical (unpaired) electrons. The molecule has 100 valence electrons. The molecule has 1 heterocycles. The van der Waals surface area contributed by atoms with Gasteiger partial charge in [0.2, 0.25) is 0 Å². The van der Waals surface area contributed by atoms with Gasteiger partial charge in [0.25, 0.3) is 0 Å². The fourth-order valence-electron chi connectivity index (χ4n) is 2.25. The molecule has 0 saturated carbocycles. The highest BCUT2D eigenvalue weighted by Gasteiger charge is 2.20. The number of hydrogen-bond donors (Lipinski definition) is 1. The first-order valence-corrected chi connectivity index (χ1v) is 6.75. The van der Waals surface area contributed by atoms with E-state index < -0.39 is 0 Å². The predicted molar refractivity (Wildman–Crippen MR) is 74.9 cm³/mol. The molecule has 18 heavy (non-hydrogen) atoms. The van der Waals surface area contributed by atoms with Gasteiger partial charge in [-0.1, -0.05) is 24.3 Å². The Balaban J connectivity index is 1.88. The lowest BCUT2D eigenvalue weighted by atomic mass is 9.97. The largest absolute Gasteiger partial charge is 0.372 e. The molecule has 3 nitrogen and oxygen atoms in total. The van der Waals surface area contributed by atoms with Gasteiger partial charge in [-0.25, -0.2) is 0 Å². The van der Waals surface area contributed by atoms with Crippen LogP contribution in [0.25, 0.3) is 0 Å². The van der Waals surface area contributed by atoms with Crippen molar-refractivity contribution < 1.29 is 4.74 Å². The Bertz CT molecular complexity index is 379. The van der Waals surface area contributed by atoms with Crippen molar-refractivity contribution >= 4 is 0 Å². The third kappa shape index (κ3) is 3.31. The minimum atomic E-state index is 0.212. The van der Waals surface area contributed by atoms with Gasteiger partial charge < -0.3 is 15.0 Å². The summed E-state index contributed by atoms with van der Waals surface area (Å²) in [5.41, 5.74) is 2.80. The van der Waals surface area contributed by atoms with Gasteiger partial charge >= 0.3 is 0 Å². The van der Waals surface area contributed by atoms with Gasteiger partial charge in [0.15, 0.2) is 0 Å². The number of benzene rings is 1. The van der Waals surface area contributed by atoms with Crippen LogP contribution in [0, 0.1) is 0 Å². The standard InChI is InChI=1S/C15H24N2O/c1-12(17(2)3)10-16-11-15-14-7-5-4-6-13(14)8-9-18-15/h4-7,12,15-16H,8-11H2,1-3H3. The fraction of sp³-hybridized carbons (Fsp3) is 0.600. The van der Waals surface area contributed by atoms with E-state index in [1.807, 2.05) is 0 Å². The number of rotatable bonds is 5. The number of nitrogens with one attached hydrogen (secondary N) is 1. The number of hydrogen-bond acceptors (Lipinski definition) is 3. The molecule has 2 atom stereocenters. The van der Waals surface area contributed by atoms with Crippen LogP contribution >= 0.6 is 0 Å². The summed E-state index contributed by atoms with van der Waals surface area (Å²) in [6, 6.07) is 9.17. The SMILES string of the molecule is CC(CNCC1OCCc2ccccc21)N(C)C. The van der Waals surface area contributed by atoms with Crippen LogP contribution in [0.2, 0.25) is 0 Å². The van der Waals surface area contributed by atoms with Gasteiger partial charge in [0.1, 0.15) is 0 Å². The van der Waals surface area contributed by atoms with Gasteiger partial charge in [-0.2, -0.15) is 0 Å². The van der Waals surface area contributed by atoms with E-state index in [1.54, 1.807) is 0 Å². The minimum Gasteiger partial charge on any atom is -0.372 e. The molecule has 0 saturated heterocycles. The molecule has 0 bridgehead atoms. The van der Waals surface area contributed by atoms with Crippen molar-refractivity contribution in [3.05, 3.63) is 35.4 Å². The molecule has 0 aliphatic carbocycles. The smallest absolute Gasteiger partial charge is 0.0952 e. The number of fused-ring (bicyclic) bond motifs is 1. The summed E-state index contributed by atoms with van der Waals surface area (Å²) in [6.45, 7) is 4.96. The molecule has 1 aromatic carbocycles. The van der Waals surface area contributed by atoms with Crippen molar-refractivity contribution in [1.29, 1.82) is 0 Å². The Morgan fingerprint density at radius 1 is 1.39 bits per heavy atom. The first-order valence-electron chi connectivity index (χ1n) is 6.75. The maximum Gasteiger partial charge on any atom is 0.0952 e. The van der Waals surface area contributed by atoms with Crippen molar-refractivity contribution in [3.63, 3.8) is 0 Å². The minimum absolute atomic E-state index is 0.212. The summed E-state index contributed by atoms with van der Waals surface area (Å²) in [6.07, 6.45) is 1.25. The normalized spacial score (nSPS) is 20.8. The Morgan fingerprint density at radius 3 is 2.94 bits per heavy atom. The summed E-state index contributed by atoms with van der Waals surface area (Å²) >= 11 is 0. The van der Waals surface area contributed by atoms with Gasteiger partial charge in [-0.05, 0) is 38.6 Å². The topological polar surface area (TPSA) is 24.5 Å². The number of ether oxygens (including phenoxy) is 1. The van der Waals surface area contributed by atoms with E-state index in [1.165, 1.54) is 11.1 Å². The molecular weight excluding hydrogens is 224 g/mol. The van der Waals surface area contributed by atoms with Gasteiger partial charge in [0.05, 0.1) is 12.7 Å². The second-order valence-corrected chi connectivity index (χ2v) is 5.28. The molecule has 1 aromatic rings. The van der Waals surface area contributed by atoms with Crippen LogP contribution in [0.5, 0.6) is 0 Å². The molecule has 2 rings (SSSR count). The highest BCUT2D eigenvalue weighted by atomic mass is 16.5. The van der Waals surface area contributed by atoms with E-state index >= 15 is 0 Å². The molecule has 0 aromatic heterocycles. The lowest BCUT2D eigenvalue weighted by Crippen LogP contribution is -2.38. The molecule has 3 heteroatoms. The van der Waals surface area contributed by atoms with E-state index in [0.29, 0.717) is 6.04 Å². The number of nitrogens with zero attached hydrogens (tertiary/aromatic N) is 1. The Labute approximate surface area is 110 Å². The summed E-state index contributed by atoms with van der Waals surface area (Å²) in [7, 11) is 4.22. The van der Waals surface area contributed by atoms with E-state index in [0.717, 1.165) is 26.1 Å². The van der Waals surface area contributed by atoms with Crippen LogP contribution in [0.4, 0.5) is 0 Å². The second kappa shape index (κ2) is 6.32. The molecule has 1 N–H and O–H groups in total. The Kier molecular flexibility index (Phi) is 4.75. The Hall–Kier alpha value is -0.900. The van der Waals surface area contributed by atoms with Gasteiger partial charge in [-0.3, -0.25) is 0 Å². The molecule has 1 aliphatic rings. The van der Waals surface area contributed by atoms with Crippen molar-refractivity contribution in [2.24, 2.45) is 0 Å². The summed E-state index contributed by atoms with van der Waals surface area (Å²) < 4.78 is 5.87. The van der Waals surface area contributed by atoms with E-state index in [9.17, 15) is 0 Å².